The molecule has 3 N–H and O–H groups in total. The van der Waals surface area contributed by atoms with Crippen molar-refractivity contribution in [3.63, 3.8) is 0 Å². The molecular weight excluding hydrogens is 482 g/mol. The Balaban J connectivity index is 1.33. The third-order valence-corrected chi connectivity index (χ3v) is 6.76. The van der Waals surface area contributed by atoms with Gasteiger partial charge in [0, 0.05) is 29.8 Å². The maximum Gasteiger partial charge on any atom is 0.256 e. The fraction of sp³-hybridized carbons (Fsp3) is 0.207. The summed E-state index contributed by atoms with van der Waals surface area (Å²) in [6.45, 7) is 2.15. The Kier molecular flexibility index (Phi) is 6.73. The van der Waals surface area contributed by atoms with Gasteiger partial charge in [-0.1, -0.05) is 24.3 Å². The van der Waals surface area contributed by atoms with Gasteiger partial charge in [-0.25, -0.2) is 5.43 Å². The fourth-order valence-corrected chi connectivity index (χ4v) is 4.93. The van der Waals surface area contributed by atoms with Crippen LogP contribution in [0.5, 0.6) is 11.5 Å². The zero-order chi connectivity index (χ0) is 26.8. The number of hydrogen-bond donors (Lipinski definition) is 3. The highest BCUT2D eigenvalue weighted by Crippen LogP contribution is 2.32. The highest BCUT2D eigenvalue weighted by molar-refractivity contribution is 6.05. The number of rotatable bonds is 6. The van der Waals surface area contributed by atoms with Crippen molar-refractivity contribution < 1.29 is 19.4 Å². The SMILES string of the molecule is COc1ccc(NC(=O)C2CNN3C=C(C)N(c4ccc(Cc5cccc(O)c5)cc4)C(=O)C23)cc1C#N. The number of nitrogens with one attached hydrogen (secondary N) is 2. The Bertz CT molecular complexity index is 1460. The summed E-state index contributed by atoms with van der Waals surface area (Å²) >= 11 is 0. The predicted octanol–water partition coefficient (Wildman–Crippen LogP) is 3.51. The highest BCUT2D eigenvalue weighted by atomic mass is 16.5. The van der Waals surface area contributed by atoms with Crippen molar-refractivity contribution in [2.24, 2.45) is 5.92 Å². The van der Waals surface area contributed by atoms with E-state index < -0.39 is 12.0 Å². The van der Waals surface area contributed by atoms with Gasteiger partial charge in [0.05, 0.1) is 18.6 Å². The number of allylic oxidation sites excluding steroid dienone is 1. The summed E-state index contributed by atoms with van der Waals surface area (Å²) in [6, 6.07) is 21.0. The van der Waals surface area contributed by atoms with Crippen LogP contribution in [0.4, 0.5) is 11.4 Å². The molecule has 2 unspecified atom stereocenters. The van der Waals surface area contributed by atoms with Crippen molar-refractivity contribution in [3.8, 4) is 17.6 Å². The zero-order valence-corrected chi connectivity index (χ0v) is 21.0. The number of phenols is 1. The molecule has 0 aromatic heterocycles. The van der Waals surface area contributed by atoms with Gasteiger partial charge in [0.25, 0.3) is 5.91 Å². The average Bonchev–Trinajstić information content (AvgIpc) is 3.34. The number of ether oxygens (including phenoxy) is 1. The average molecular weight is 510 g/mol. The molecule has 3 aromatic carbocycles. The number of hydrazine groups is 1. The number of nitrogens with zero attached hydrogens (tertiary/aromatic N) is 3. The lowest BCUT2D eigenvalue weighted by Crippen LogP contribution is -2.53. The van der Waals surface area contributed by atoms with E-state index in [9.17, 15) is 20.0 Å². The minimum atomic E-state index is -0.723. The molecule has 2 heterocycles. The molecule has 0 aliphatic carbocycles. The van der Waals surface area contributed by atoms with Gasteiger partial charge < -0.3 is 20.2 Å². The van der Waals surface area contributed by atoms with E-state index in [1.807, 2.05) is 49.5 Å². The summed E-state index contributed by atoms with van der Waals surface area (Å²) in [7, 11) is 1.48. The van der Waals surface area contributed by atoms with Gasteiger partial charge in [0.2, 0.25) is 5.91 Å². The van der Waals surface area contributed by atoms with Gasteiger partial charge in [0.15, 0.2) is 0 Å². The number of hydrogen-bond acceptors (Lipinski definition) is 7. The third-order valence-electron chi connectivity index (χ3n) is 6.76. The molecule has 2 aliphatic heterocycles. The molecule has 0 saturated carbocycles. The summed E-state index contributed by atoms with van der Waals surface area (Å²) in [5.74, 6) is -0.521. The smallest absolute Gasteiger partial charge is 0.256 e. The first-order valence-electron chi connectivity index (χ1n) is 12.2. The lowest BCUT2D eigenvalue weighted by Gasteiger charge is -2.36. The Hall–Kier alpha value is -4.81. The third kappa shape index (κ3) is 4.77. The standard InChI is InChI=1S/C29H27N5O4/c1-18-17-33-27(25(16-31-33)28(36)32-22-8-11-26(38-2)21(14-22)15-30)29(37)34(18)23-9-6-19(7-10-23)12-20-4-3-5-24(35)13-20/h3-11,13-14,17,25,27,31,35H,12,16H2,1-2H3,(H,32,36). The van der Waals surface area contributed by atoms with E-state index in [-0.39, 0.29) is 17.6 Å². The Morgan fingerprint density at radius 1 is 1.16 bits per heavy atom. The van der Waals surface area contributed by atoms with Gasteiger partial charge in [-0.05, 0) is 66.9 Å². The fourth-order valence-electron chi connectivity index (χ4n) is 4.93. The molecule has 2 aliphatic rings. The number of methoxy groups -OCH3 is 1. The van der Waals surface area contributed by atoms with E-state index in [0.29, 0.717) is 35.7 Å². The number of carbonyl (C=O) groups excluding carboxylic acids is 2. The first-order chi connectivity index (χ1) is 18.4. The summed E-state index contributed by atoms with van der Waals surface area (Å²) < 4.78 is 5.17. The van der Waals surface area contributed by atoms with Crippen molar-refractivity contribution in [3.05, 3.63) is 95.3 Å². The van der Waals surface area contributed by atoms with Crippen LogP contribution in [0.2, 0.25) is 0 Å². The maximum absolute atomic E-state index is 13.7. The molecule has 2 atom stereocenters. The quantitative estimate of drug-likeness (QED) is 0.465. The van der Waals surface area contributed by atoms with Crippen LogP contribution >= 0.6 is 0 Å². The molecule has 1 fully saturated rings. The van der Waals surface area contributed by atoms with Gasteiger partial charge in [-0.2, -0.15) is 5.26 Å². The Morgan fingerprint density at radius 2 is 1.95 bits per heavy atom. The largest absolute Gasteiger partial charge is 0.508 e. The van der Waals surface area contributed by atoms with E-state index >= 15 is 0 Å². The number of carbonyl (C=O) groups is 2. The maximum atomic E-state index is 13.7. The van der Waals surface area contributed by atoms with E-state index in [2.05, 4.69) is 16.8 Å². The molecule has 5 rings (SSSR count). The van der Waals surface area contributed by atoms with E-state index in [1.54, 1.807) is 40.2 Å². The van der Waals surface area contributed by atoms with Crippen LogP contribution in [0.15, 0.2) is 78.6 Å². The van der Waals surface area contributed by atoms with Crippen molar-refractivity contribution >= 4 is 23.2 Å². The van der Waals surface area contributed by atoms with E-state index in [1.165, 1.54) is 7.11 Å². The molecule has 0 spiro atoms. The van der Waals surface area contributed by atoms with Crippen LogP contribution in [0, 0.1) is 17.2 Å². The first-order valence-corrected chi connectivity index (χ1v) is 12.2. The number of phenolic OH excluding ortho intramolecular Hbond substituents is 1. The summed E-state index contributed by atoms with van der Waals surface area (Å²) in [5.41, 5.74) is 7.39. The predicted molar refractivity (Wildman–Crippen MR) is 142 cm³/mol. The van der Waals surface area contributed by atoms with E-state index in [0.717, 1.165) is 16.8 Å². The van der Waals surface area contributed by atoms with Gasteiger partial charge in [0.1, 0.15) is 23.6 Å². The van der Waals surface area contributed by atoms with Gasteiger partial charge in [-0.15, -0.1) is 0 Å². The first kappa shape index (κ1) is 24.9. The zero-order valence-electron chi connectivity index (χ0n) is 21.0. The number of fused-ring (bicyclic) bond motifs is 1. The van der Waals surface area contributed by atoms with Crippen LogP contribution in [0.3, 0.4) is 0 Å². The molecule has 0 radical (unpaired) electrons. The van der Waals surface area contributed by atoms with Crippen molar-refractivity contribution in [1.29, 1.82) is 5.26 Å². The number of aromatic hydroxyl groups is 1. The van der Waals surface area contributed by atoms with Crippen molar-refractivity contribution in [1.82, 2.24) is 10.4 Å². The van der Waals surface area contributed by atoms with Crippen LogP contribution in [0.25, 0.3) is 0 Å². The second-order valence-electron chi connectivity index (χ2n) is 9.29. The number of benzene rings is 3. The number of anilines is 2. The minimum Gasteiger partial charge on any atom is -0.508 e. The van der Waals surface area contributed by atoms with Gasteiger partial charge >= 0.3 is 0 Å². The number of amides is 2. The molecular formula is C29H27N5O4. The molecule has 3 aromatic rings. The molecule has 0 bridgehead atoms. The van der Waals surface area contributed by atoms with Crippen LogP contribution in [-0.4, -0.2) is 41.6 Å². The second-order valence-corrected chi connectivity index (χ2v) is 9.29. The van der Waals surface area contributed by atoms with Crippen LogP contribution < -0.4 is 20.4 Å². The normalized spacial score (nSPS) is 18.4. The molecule has 1 saturated heterocycles. The monoisotopic (exact) mass is 509 g/mol. The summed E-state index contributed by atoms with van der Waals surface area (Å²) in [6.07, 6.45) is 2.49. The highest BCUT2D eigenvalue weighted by Gasteiger charge is 2.47. The van der Waals surface area contributed by atoms with E-state index in [4.69, 9.17) is 4.74 Å². The molecule has 2 amide bonds. The molecule has 9 nitrogen and oxygen atoms in total. The van der Waals surface area contributed by atoms with Crippen molar-refractivity contribution in [2.45, 2.75) is 19.4 Å². The van der Waals surface area contributed by atoms with Gasteiger partial charge in [-0.3, -0.25) is 14.5 Å². The molecule has 192 valence electrons. The number of nitriles is 1. The molecule has 9 heteroatoms. The summed E-state index contributed by atoms with van der Waals surface area (Å²) in [4.78, 5) is 28.6. The Labute approximate surface area is 220 Å². The lowest BCUT2D eigenvalue weighted by atomic mass is 9.96. The lowest BCUT2D eigenvalue weighted by molar-refractivity contribution is -0.129. The summed E-state index contributed by atoms with van der Waals surface area (Å²) in [5, 5.41) is 23.6. The minimum absolute atomic E-state index is 0.205. The Morgan fingerprint density at radius 3 is 2.66 bits per heavy atom. The van der Waals surface area contributed by atoms with Crippen LogP contribution in [0.1, 0.15) is 23.6 Å². The van der Waals surface area contributed by atoms with Crippen LogP contribution in [-0.2, 0) is 16.0 Å². The second kappa shape index (κ2) is 10.3. The topological polar surface area (TPSA) is 118 Å². The molecule has 38 heavy (non-hydrogen) atoms. The van der Waals surface area contributed by atoms with Crippen molar-refractivity contribution in [2.75, 3.05) is 23.9 Å².